The van der Waals surface area contributed by atoms with Gasteiger partial charge in [0.15, 0.2) is 17.4 Å². The summed E-state index contributed by atoms with van der Waals surface area (Å²) in [5.74, 6) is 1.26. The molecule has 0 bridgehead atoms. The van der Waals surface area contributed by atoms with Gasteiger partial charge in [-0.1, -0.05) is 31.0 Å². The Labute approximate surface area is 475 Å². The van der Waals surface area contributed by atoms with Crippen LogP contribution in [0.4, 0.5) is 17.6 Å². The molecular weight excluding hydrogens is 1140 g/mol. The predicted octanol–water partition coefficient (Wildman–Crippen LogP) is 2.74. The summed E-state index contributed by atoms with van der Waals surface area (Å²) in [4.78, 5) is 92.6. The van der Waals surface area contributed by atoms with Crippen LogP contribution in [0.25, 0.3) is 16.7 Å². The highest BCUT2D eigenvalue weighted by molar-refractivity contribution is 7.66. The number of imidazole rings is 1. The number of amides is 2. The number of nitrogens with two attached hydrogens (primary N) is 1. The number of aryl methyl sites for hydroxylation is 2. The molecule has 6 aliphatic heterocycles. The molecule has 2 amide bonds. The van der Waals surface area contributed by atoms with Gasteiger partial charge in [-0.2, -0.15) is 13.6 Å². The summed E-state index contributed by atoms with van der Waals surface area (Å²) >= 11 is 0. The number of nitrogen functional groups attached to an aromatic ring is 1. The van der Waals surface area contributed by atoms with Gasteiger partial charge in [-0.25, -0.2) is 23.3 Å². The van der Waals surface area contributed by atoms with Gasteiger partial charge in [0.1, 0.15) is 42.9 Å². The third kappa shape index (κ3) is 12.3. The maximum atomic E-state index is 14.7. The molecular formula is C53H68N10O17P3+. The van der Waals surface area contributed by atoms with E-state index in [0.717, 1.165) is 122 Å². The number of anilines is 3. The van der Waals surface area contributed by atoms with Crippen LogP contribution in [-0.2, 0) is 62.1 Å². The van der Waals surface area contributed by atoms with Crippen molar-refractivity contribution in [2.45, 2.75) is 114 Å². The number of hydrogen-bond acceptors (Lipinski definition) is 18. The van der Waals surface area contributed by atoms with Gasteiger partial charge in [0.25, 0.3) is 11.5 Å². The van der Waals surface area contributed by atoms with Crippen LogP contribution >= 0.6 is 23.5 Å². The number of hydrogen-bond donors (Lipinski definition) is 10. The van der Waals surface area contributed by atoms with Gasteiger partial charge in [-0.05, 0) is 87.1 Å². The van der Waals surface area contributed by atoms with E-state index in [1.165, 1.54) is 33.3 Å². The predicted molar refractivity (Wildman–Crippen MR) is 301 cm³/mol. The lowest BCUT2D eigenvalue weighted by Gasteiger charge is -2.39. The number of aliphatic hydroxyl groups excluding tert-OH is 2. The molecule has 1 saturated heterocycles. The van der Waals surface area contributed by atoms with E-state index in [0.29, 0.717) is 44.3 Å². The largest absolute Gasteiger partial charge is 0.490 e. The molecule has 0 saturated carbocycles. The fraction of sp³-hybridized carbons (Fsp3) is 0.509. The number of fused-ring (bicyclic) bond motifs is 5. The quantitative estimate of drug-likeness (QED) is 0.0265. The molecule has 0 radical (unpaired) electrons. The molecule has 8 heterocycles. The number of phosphoric acid groups is 3. The number of aromatic nitrogens is 4. The van der Waals surface area contributed by atoms with Gasteiger partial charge >= 0.3 is 23.5 Å². The average Bonchev–Trinajstić information content (AvgIpc) is 4.20. The van der Waals surface area contributed by atoms with Gasteiger partial charge in [0.05, 0.1) is 12.2 Å². The highest BCUT2D eigenvalue weighted by atomic mass is 31.3. The maximum Gasteiger partial charge on any atom is 0.490 e. The normalized spacial score (nSPS) is 21.3. The summed E-state index contributed by atoms with van der Waals surface area (Å²) in [6.07, 6.45) is 4.68. The number of unbranched alkanes of at least 4 members (excludes halogenated alkanes) is 3. The summed E-state index contributed by atoms with van der Waals surface area (Å²) in [6, 6.07) is 12.6. The fourth-order valence-electron chi connectivity index (χ4n) is 12.5. The summed E-state index contributed by atoms with van der Waals surface area (Å²) in [7, 11) is -15.3. The maximum absolute atomic E-state index is 14.7. The van der Waals surface area contributed by atoms with Crippen molar-refractivity contribution in [3.63, 3.8) is 0 Å². The van der Waals surface area contributed by atoms with Crippen LogP contribution in [-0.4, -0.2) is 144 Å². The lowest BCUT2D eigenvalue weighted by atomic mass is 9.81. The van der Waals surface area contributed by atoms with E-state index in [4.69, 9.17) is 25.0 Å². The number of rotatable bonds is 22. The number of carbonyl (C=O) groups is 2. The van der Waals surface area contributed by atoms with Crippen LogP contribution in [0.3, 0.4) is 0 Å². The Bertz CT molecular complexity index is 3740. The van der Waals surface area contributed by atoms with E-state index >= 15 is 0 Å². The molecule has 6 atom stereocenters. The standard InChI is InChI=1S/C53H67N10O17P3/c1-60(50(68)33-16-5-4-15-32(33)40-36-27-30-13-8-23-61-25-10-17-34(42(30)61)46(36)78-47-35-18-11-26-62-24-9-14-31(43(35)62)28-37(40)47)22-12-19-39(64)55-20-6-2-3-7-21-56-53-57-41-48(58-52(54)59-49(41)67)63(53)51-45(66)44(65)38(77-51)29-76-82(72,73)80-83(74,75)79-81(69,70)71/h4-5,15-16,27-28,38,44-45,51,65-66H,2-3,6-14,17-26,29H2,1H3,(H8,54,55,59,64,67,68,69,70,71,72,73,74,75)/p+1/t38-,44-,45-,51-/m1/s1. The van der Waals surface area contributed by atoms with Crippen LogP contribution < -0.4 is 46.7 Å². The molecule has 0 spiro atoms. The molecule has 27 nitrogen and oxygen atoms in total. The zero-order valence-electron chi connectivity index (χ0n) is 45.6. The highest BCUT2D eigenvalue weighted by Gasteiger charge is 2.48. The van der Waals surface area contributed by atoms with Gasteiger partial charge < -0.3 is 65.4 Å². The highest BCUT2D eigenvalue weighted by Crippen LogP contribution is 2.66. The van der Waals surface area contributed by atoms with E-state index in [1.54, 1.807) is 11.9 Å². The number of nitrogens with zero attached hydrogens (tertiary/aromatic N) is 6. The van der Waals surface area contributed by atoms with E-state index < -0.39 is 60.2 Å². The second kappa shape index (κ2) is 23.9. The van der Waals surface area contributed by atoms with Crippen molar-refractivity contribution >= 4 is 69.6 Å². The lowest BCUT2D eigenvalue weighted by molar-refractivity contribution is -0.121. The molecule has 2 unspecified atom stereocenters. The van der Waals surface area contributed by atoms with Gasteiger partial charge in [-0.3, -0.25) is 28.5 Å². The SMILES string of the molecule is CN(CCCC(=O)NCCCCCCNc1nc2c(=O)[nH]c(N)nc2n1[C@@H]1O[C@H](COP(=O)(O)OP(=O)(O)OP(=O)(O)O)[C@@H](O)[C@H]1O)C(=O)c1ccccc1C1=c2cc3c4c(c2Oc2c1cc1c5c2CCCN5CCC1)CCC[N+]=4CCC3. The molecule has 3 aromatic carbocycles. The van der Waals surface area contributed by atoms with E-state index in [1.807, 2.05) is 18.2 Å². The second-order valence-corrected chi connectivity index (χ2v) is 26.2. The topological polar surface area (TPSA) is 376 Å². The molecule has 0 aliphatic carbocycles. The molecule has 5 aromatic rings. The number of H-pyrrole nitrogens is 1. The molecule has 2 aromatic heterocycles. The molecule has 1 fully saturated rings. The Morgan fingerprint density at radius 1 is 0.855 bits per heavy atom. The summed E-state index contributed by atoms with van der Waals surface area (Å²) in [5.41, 5.74) is 14.9. The lowest BCUT2D eigenvalue weighted by Crippen LogP contribution is -2.45. The van der Waals surface area contributed by atoms with Crippen molar-refractivity contribution < 1.29 is 75.7 Å². The van der Waals surface area contributed by atoms with Crippen LogP contribution in [0.1, 0.15) is 114 Å². The van der Waals surface area contributed by atoms with Crippen molar-refractivity contribution in [3.05, 3.63) is 96.3 Å². The van der Waals surface area contributed by atoms with Crippen LogP contribution in [0.2, 0.25) is 0 Å². The van der Waals surface area contributed by atoms with Gasteiger partial charge in [-0.15, -0.1) is 0 Å². The Morgan fingerprint density at radius 2 is 1.58 bits per heavy atom. The number of aromatic amines is 1. The average molecular weight is 1210 g/mol. The molecule has 11 rings (SSSR count). The van der Waals surface area contributed by atoms with E-state index in [2.05, 4.69) is 66.4 Å². The van der Waals surface area contributed by atoms with E-state index in [9.17, 15) is 48.1 Å². The first-order valence-corrected chi connectivity index (χ1v) is 32.5. The first kappa shape index (κ1) is 58.9. The summed E-state index contributed by atoms with van der Waals surface area (Å²) < 4.78 is 63.8. The molecule has 446 valence electrons. The third-order valence-electron chi connectivity index (χ3n) is 16.0. The first-order chi connectivity index (χ1) is 39.6. The first-order valence-electron chi connectivity index (χ1n) is 28.0. The third-order valence-corrected chi connectivity index (χ3v) is 19.8. The van der Waals surface area contributed by atoms with Crippen LogP contribution in [0.15, 0.2) is 41.2 Å². The molecule has 11 N–H and O–H groups in total. The molecule has 6 aliphatic rings. The minimum absolute atomic E-state index is 0.0375. The molecule has 30 heteroatoms. The Kier molecular flexibility index (Phi) is 16.9. The molecule has 83 heavy (non-hydrogen) atoms. The van der Waals surface area contributed by atoms with Crippen molar-refractivity contribution in [2.75, 3.05) is 75.4 Å². The zero-order chi connectivity index (χ0) is 58.5. The second-order valence-electron chi connectivity index (χ2n) is 21.8. The Morgan fingerprint density at radius 3 is 2.36 bits per heavy atom. The van der Waals surface area contributed by atoms with Crippen molar-refractivity contribution in [1.82, 2.24) is 34.3 Å². The van der Waals surface area contributed by atoms with Crippen LogP contribution in [0.5, 0.6) is 11.5 Å². The van der Waals surface area contributed by atoms with Gasteiger partial charge in [0.2, 0.25) is 23.2 Å². The van der Waals surface area contributed by atoms with Crippen LogP contribution in [0, 0.1) is 0 Å². The monoisotopic (exact) mass is 1210 g/mol. The van der Waals surface area contributed by atoms with Gasteiger partial charge in [0, 0.05) is 97.8 Å². The number of nitrogens with one attached hydrogen (secondary N) is 3. The Hall–Kier alpha value is -5.89. The van der Waals surface area contributed by atoms with E-state index in [-0.39, 0.29) is 47.8 Å². The Balaban J connectivity index is 0.685. The minimum atomic E-state index is -5.84. The number of phosphoric ester groups is 1. The number of ether oxygens (including phenoxy) is 2. The zero-order valence-corrected chi connectivity index (χ0v) is 48.3. The number of carbonyl (C=O) groups excluding carboxylic acids is 2. The number of benzene rings is 3. The fourth-order valence-corrected chi connectivity index (χ4v) is 15.5. The minimum Gasteiger partial charge on any atom is -0.455 e. The van der Waals surface area contributed by atoms with Crippen molar-refractivity contribution in [1.29, 1.82) is 0 Å². The van der Waals surface area contributed by atoms with Crippen molar-refractivity contribution in [3.8, 4) is 11.5 Å². The summed E-state index contributed by atoms with van der Waals surface area (Å²) in [6.45, 7) is 4.19. The smallest absolute Gasteiger partial charge is 0.455 e. The summed E-state index contributed by atoms with van der Waals surface area (Å²) in [5, 5.41) is 30.3. The number of aliphatic hydroxyl groups is 2. The van der Waals surface area contributed by atoms with Crippen molar-refractivity contribution in [2.24, 2.45) is 0 Å².